The molecule has 5 heteroatoms. The van der Waals surface area contributed by atoms with Crippen molar-refractivity contribution in [3.63, 3.8) is 0 Å². The molecule has 0 aromatic carbocycles. The second kappa shape index (κ2) is 6.17. The number of piperidine rings is 1. The van der Waals surface area contributed by atoms with E-state index in [2.05, 4.69) is 11.9 Å². The summed E-state index contributed by atoms with van der Waals surface area (Å²) < 4.78 is 26.6. The van der Waals surface area contributed by atoms with Gasteiger partial charge in [-0.05, 0) is 52.6 Å². The van der Waals surface area contributed by atoms with Crippen molar-refractivity contribution in [1.82, 2.24) is 9.62 Å². The summed E-state index contributed by atoms with van der Waals surface area (Å²) in [5, 5.41) is 3.26. The van der Waals surface area contributed by atoms with Gasteiger partial charge in [0.1, 0.15) is 0 Å². The molecule has 106 valence electrons. The molecule has 0 saturated carbocycles. The summed E-state index contributed by atoms with van der Waals surface area (Å²) in [5.74, 6) is 0.547. The molecule has 18 heavy (non-hydrogen) atoms. The molecular weight excluding hydrogens is 248 g/mol. The lowest BCUT2D eigenvalue weighted by molar-refractivity contribution is 0.266. The monoisotopic (exact) mass is 274 g/mol. The molecule has 0 radical (unpaired) electrons. The van der Waals surface area contributed by atoms with Crippen molar-refractivity contribution < 1.29 is 8.42 Å². The van der Waals surface area contributed by atoms with Gasteiger partial charge >= 0.3 is 0 Å². The first kappa shape index (κ1) is 15.7. The van der Waals surface area contributed by atoms with E-state index in [1.807, 2.05) is 20.8 Å². The third-order valence-corrected chi connectivity index (χ3v) is 5.54. The second-order valence-electron chi connectivity index (χ2n) is 5.96. The molecule has 1 fully saturated rings. The van der Waals surface area contributed by atoms with Crippen molar-refractivity contribution in [3.8, 4) is 0 Å². The van der Waals surface area contributed by atoms with Crippen LogP contribution in [-0.4, -0.2) is 43.6 Å². The molecule has 0 aromatic heterocycles. The van der Waals surface area contributed by atoms with Gasteiger partial charge in [-0.1, -0.05) is 6.08 Å². The molecule has 0 spiro atoms. The van der Waals surface area contributed by atoms with Crippen LogP contribution in [0.5, 0.6) is 0 Å². The topological polar surface area (TPSA) is 49.4 Å². The molecule has 1 rings (SSSR count). The molecule has 1 saturated heterocycles. The van der Waals surface area contributed by atoms with E-state index in [0.717, 1.165) is 25.9 Å². The smallest absolute Gasteiger partial charge is 0.215 e. The summed E-state index contributed by atoms with van der Waals surface area (Å²) in [5.41, 5.74) is -0.389. The van der Waals surface area contributed by atoms with Crippen LogP contribution in [0.4, 0.5) is 0 Å². The first-order valence-electron chi connectivity index (χ1n) is 6.59. The van der Waals surface area contributed by atoms with Gasteiger partial charge in [0.2, 0.25) is 10.0 Å². The molecule has 0 atom stereocenters. The summed E-state index contributed by atoms with van der Waals surface area (Å²) in [7, 11) is -3.21. The highest BCUT2D eigenvalue weighted by atomic mass is 32.2. The lowest BCUT2D eigenvalue weighted by Gasteiger charge is -2.35. The zero-order valence-corrected chi connectivity index (χ0v) is 12.6. The predicted molar refractivity (Wildman–Crippen MR) is 76.0 cm³/mol. The van der Waals surface area contributed by atoms with Crippen LogP contribution in [0.1, 0.15) is 33.6 Å². The largest absolute Gasteiger partial charge is 0.317 e. The van der Waals surface area contributed by atoms with Gasteiger partial charge < -0.3 is 5.32 Å². The highest BCUT2D eigenvalue weighted by molar-refractivity contribution is 7.89. The van der Waals surface area contributed by atoms with E-state index in [4.69, 9.17) is 0 Å². The third kappa shape index (κ3) is 4.37. The Labute approximate surface area is 111 Å². The van der Waals surface area contributed by atoms with Crippen molar-refractivity contribution >= 4 is 10.0 Å². The van der Waals surface area contributed by atoms with Gasteiger partial charge in [-0.25, -0.2) is 8.42 Å². The SMILES string of the molecule is C=CCN(C(C)(C)C)S(=O)(=O)CC1CCNCC1. The molecule has 0 bridgehead atoms. The molecule has 1 heterocycles. The highest BCUT2D eigenvalue weighted by Crippen LogP contribution is 2.22. The summed E-state index contributed by atoms with van der Waals surface area (Å²) in [4.78, 5) is 0. The Kier molecular flexibility index (Phi) is 5.37. The van der Waals surface area contributed by atoms with Crippen LogP contribution in [0.25, 0.3) is 0 Å². The fourth-order valence-corrected chi connectivity index (χ4v) is 4.63. The van der Waals surface area contributed by atoms with Crippen molar-refractivity contribution in [2.24, 2.45) is 5.92 Å². The third-order valence-electron chi connectivity index (χ3n) is 3.28. The normalized spacial score (nSPS) is 19.1. The van der Waals surface area contributed by atoms with Crippen LogP contribution < -0.4 is 5.32 Å². The minimum Gasteiger partial charge on any atom is -0.317 e. The highest BCUT2D eigenvalue weighted by Gasteiger charge is 2.33. The van der Waals surface area contributed by atoms with E-state index in [1.165, 1.54) is 0 Å². The minimum atomic E-state index is -3.21. The summed E-state index contributed by atoms with van der Waals surface area (Å²) in [6, 6.07) is 0. The lowest BCUT2D eigenvalue weighted by Crippen LogP contribution is -2.48. The lowest BCUT2D eigenvalue weighted by atomic mass is 10.0. The zero-order valence-electron chi connectivity index (χ0n) is 11.8. The molecule has 1 N–H and O–H groups in total. The van der Waals surface area contributed by atoms with E-state index >= 15 is 0 Å². The molecule has 0 aliphatic carbocycles. The van der Waals surface area contributed by atoms with Crippen molar-refractivity contribution in [3.05, 3.63) is 12.7 Å². The Bertz CT molecular complexity index is 365. The summed E-state index contributed by atoms with van der Waals surface area (Å²) >= 11 is 0. The zero-order chi connectivity index (χ0) is 13.8. The standard InChI is InChI=1S/C13H26N2O2S/c1-5-10-15(13(2,3)4)18(16,17)11-12-6-8-14-9-7-12/h5,12,14H,1,6-11H2,2-4H3. The average Bonchev–Trinajstić information content (AvgIpc) is 2.24. The van der Waals surface area contributed by atoms with Crippen molar-refractivity contribution in [2.45, 2.75) is 39.2 Å². The Morgan fingerprint density at radius 2 is 1.89 bits per heavy atom. The van der Waals surface area contributed by atoms with E-state index in [1.54, 1.807) is 10.4 Å². The van der Waals surface area contributed by atoms with Crippen LogP contribution in [-0.2, 0) is 10.0 Å². The molecular formula is C13H26N2O2S. The predicted octanol–water partition coefficient (Wildman–Crippen LogP) is 1.60. The molecule has 1 aliphatic rings. The summed E-state index contributed by atoms with van der Waals surface area (Å²) in [6.45, 7) is 11.7. The number of hydrogen-bond donors (Lipinski definition) is 1. The van der Waals surface area contributed by atoms with E-state index in [-0.39, 0.29) is 17.2 Å². The second-order valence-corrected chi connectivity index (χ2v) is 7.90. The van der Waals surface area contributed by atoms with Gasteiger partial charge in [-0.15, -0.1) is 6.58 Å². The van der Waals surface area contributed by atoms with Crippen LogP contribution in [0.3, 0.4) is 0 Å². The van der Waals surface area contributed by atoms with Crippen LogP contribution >= 0.6 is 0 Å². The first-order valence-corrected chi connectivity index (χ1v) is 8.20. The Morgan fingerprint density at radius 3 is 2.33 bits per heavy atom. The van der Waals surface area contributed by atoms with Gasteiger partial charge in [-0.3, -0.25) is 0 Å². The Morgan fingerprint density at radius 1 is 1.33 bits per heavy atom. The number of sulfonamides is 1. The Hall–Kier alpha value is -0.390. The maximum atomic E-state index is 12.5. The molecule has 4 nitrogen and oxygen atoms in total. The summed E-state index contributed by atoms with van der Waals surface area (Å²) in [6.07, 6.45) is 3.56. The first-order chi connectivity index (χ1) is 8.27. The van der Waals surface area contributed by atoms with Crippen LogP contribution in [0.15, 0.2) is 12.7 Å². The van der Waals surface area contributed by atoms with E-state index in [0.29, 0.717) is 6.54 Å². The van der Waals surface area contributed by atoms with Crippen molar-refractivity contribution in [2.75, 3.05) is 25.4 Å². The molecule has 0 amide bonds. The molecule has 0 aromatic rings. The minimum absolute atomic E-state index is 0.264. The average molecular weight is 274 g/mol. The molecule has 0 unspecified atom stereocenters. The van der Waals surface area contributed by atoms with Gasteiger partial charge in [-0.2, -0.15) is 4.31 Å². The van der Waals surface area contributed by atoms with Gasteiger partial charge in [0.25, 0.3) is 0 Å². The van der Waals surface area contributed by atoms with Gasteiger partial charge in [0.15, 0.2) is 0 Å². The fraction of sp³-hybridized carbons (Fsp3) is 0.846. The Balaban J connectivity index is 2.78. The van der Waals surface area contributed by atoms with E-state index in [9.17, 15) is 8.42 Å². The van der Waals surface area contributed by atoms with Crippen LogP contribution in [0.2, 0.25) is 0 Å². The van der Waals surface area contributed by atoms with Gasteiger partial charge in [0.05, 0.1) is 5.75 Å². The number of nitrogens with zero attached hydrogens (tertiary/aromatic N) is 1. The van der Waals surface area contributed by atoms with E-state index < -0.39 is 10.0 Å². The molecule has 1 aliphatic heterocycles. The van der Waals surface area contributed by atoms with Crippen LogP contribution in [0, 0.1) is 5.92 Å². The number of nitrogens with one attached hydrogen (secondary N) is 1. The van der Waals surface area contributed by atoms with Crippen molar-refractivity contribution in [1.29, 1.82) is 0 Å². The fourth-order valence-electron chi connectivity index (χ4n) is 2.36. The quantitative estimate of drug-likeness (QED) is 0.775. The number of rotatable bonds is 5. The maximum Gasteiger partial charge on any atom is 0.215 e. The maximum absolute atomic E-state index is 12.5. The number of hydrogen-bond acceptors (Lipinski definition) is 3. The van der Waals surface area contributed by atoms with Gasteiger partial charge in [0, 0.05) is 12.1 Å².